The minimum atomic E-state index is 0.427. The monoisotopic (exact) mass is 287 g/mol. The molecule has 3 nitrogen and oxygen atoms in total. The second kappa shape index (κ2) is 7.60. The van der Waals surface area contributed by atoms with Crippen LogP contribution in [-0.4, -0.2) is 23.6 Å². The maximum atomic E-state index is 4.86. The molecule has 0 amide bonds. The lowest BCUT2D eigenvalue weighted by Crippen LogP contribution is -2.32. The fourth-order valence-corrected chi connectivity index (χ4v) is 2.52. The van der Waals surface area contributed by atoms with Gasteiger partial charge in [-0.3, -0.25) is 0 Å². The summed E-state index contributed by atoms with van der Waals surface area (Å²) in [5.74, 6) is 1.09. The number of pyridine rings is 1. The zero-order valence-electron chi connectivity index (χ0n) is 13.7. The van der Waals surface area contributed by atoms with Crippen LogP contribution in [0, 0.1) is 0 Å². The van der Waals surface area contributed by atoms with Crippen molar-refractivity contribution < 1.29 is 0 Å². The van der Waals surface area contributed by atoms with Crippen LogP contribution in [0.1, 0.15) is 51.3 Å². The summed E-state index contributed by atoms with van der Waals surface area (Å²) >= 11 is 0. The van der Waals surface area contributed by atoms with Crippen molar-refractivity contribution in [1.29, 1.82) is 0 Å². The quantitative estimate of drug-likeness (QED) is 0.702. The second-order valence-corrected chi connectivity index (χ2v) is 6.26. The molecule has 0 bridgehead atoms. The first-order valence-corrected chi connectivity index (χ1v) is 8.24. The molecule has 0 atom stereocenters. The number of nitrogens with one attached hydrogen (secondary N) is 1. The van der Waals surface area contributed by atoms with Crippen molar-refractivity contribution in [3.63, 3.8) is 0 Å². The van der Waals surface area contributed by atoms with Crippen molar-refractivity contribution in [3.8, 4) is 0 Å². The molecule has 3 heteroatoms. The Labute approximate surface area is 129 Å². The van der Waals surface area contributed by atoms with Crippen LogP contribution >= 0.6 is 0 Å². The Morgan fingerprint density at radius 1 is 1.43 bits per heavy atom. The van der Waals surface area contributed by atoms with Crippen molar-refractivity contribution in [2.45, 2.75) is 65.1 Å². The number of rotatable bonds is 9. The fourth-order valence-electron chi connectivity index (χ4n) is 2.52. The van der Waals surface area contributed by atoms with Crippen molar-refractivity contribution in [2.75, 3.05) is 11.4 Å². The molecule has 1 aliphatic rings. The number of aromatic nitrogens is 1. The van der Waals surface area contributed by atoms with Crippen molar-refractivity contribution in [3.05, 3.63) is 36.0 Å². The molecule has 1 fully saturated rings. The van der Waals surface area contributed by atoms with E-state index in [-0.39, 0.29) is 0 Å². The Balaban J connectivity index is 2.21. The third-order valence-corrected chi connectivity index (χ3v) is 3.85. The van der Waals surface area contributed by atoms with Gasteiger partial charge in [-0.05, 0) is 50.8 Å². The molecule has 1 heterocycles. The third kappa shape index (κ3) is 4.85. The highest BCUT2D eigenvalue weighted by Gasteiger charge is 2.20. The summed E-state index contributed by atoms with van der Waals surface area (Å²) in [6.07, 6.45) is 6.79. The number of nitrogens with zero attached hydrogens (tertiary/aromatic N) is 2. The lowest BCUT2D eigenvalue weighted by atomic mass is 10.1. The molecule has 1 N–H and O–H groups in total. The summed E-state index contributed by atoms with van der Waals surface area (Å²) in [6.45, 7) is 12.3. The van der Waals surface area contributed by atoms with Crippen molar-refractivity contribution >= 4 is 5.82 Å². The van der Waals surface area contributed by atoms with Gasteiger partial charge in [-0.2, -0.15) is 0 Å². The Morgan fingerprint density at radius 3 is 2.76 bits per heavy atom. The molecule has 116 valence electrons. The van der Waals surface area contributed by atoms with Crippen LogP contribution in [0.15, 0.2) is 24.8 Å². The minimum Gasteiger partial charge on any atom is -0.350 e. The molecule has 1 aliphatic carbocycles. The highest BCUT2D eigenvalue weighted by molar-refractivity contribution is 5.44. The van der Waals surface area contributed by atoms with E-state index < -0.39 is 0 Å². The maximum Gasteiger partial charge on any atom is 0.129 e. The molecular formula is C18H29N3. The summed E-state index contributed by atoms with van der Waals surface area (Å²) < 4.78 is 0. The third-order valence-electron chi connectivity index (χ3n) is 3.85. The van der Waals surface area contributed by atoms with Gasteiger partial charge in [0.1, 0.15) is 5.82 Å². The Bertz CT molecular complexity index is 464. The summed E-state index contributed by atoms with van der Waals surface area (Å²) in [5.41, 5.74) is 2.56. The average Bonchev–Trinajstić information content (AvgIpc) is 3.26. The van der Waals surface area contributed by atoms with Crippen LogP contribution in [0.25, 0.3) is 0 Å². The van der Waals surface area contributed by atoms with Crippen LogP contribution in [0.5, 0.6) is 0 Å². The highest BCUT2D eigenvalue weighted by Crippen LogP contribution is 2.22. The molecular weight excluding hydrogens is 258 g/mol. The van der Waals surface area contributed by atoms with E-state index in [1.54, 1.807) is 0 Å². The number of hydrogen-bond donors (Lipinski definition) is 1. The van der Waals surface area contributed by atoms with Crippen molar-refractivity contribution in [1.82, 2.24) is 10.3 Å². The standard InChI is InChI=1S/C18H29N3/c1-5-7-17-11-15(13-19-16-8-9-16)12-18(20-17)21(10-6-2)14(3)4/h6,11-12,14,16,19H,2,5,7-10,13H2,1,3-4H3. The summed E-state index contributed by atoms with van der Waals surface area (Å²) in [7, 11) is 0. The Morgan fingerprint density at radius 2 is 2.19 bits per heavy atom. The van der Waals surface area contributed by atoms with Gasteiger partial charge in [0.2, 0.25) is 0 Å². The van der Waals surface area contributed by atoms with E-state index in [4.69, 9.17) is 4.98 Å². The van der Waals surface area contributed by atoms with Crippen LogP contribution in [0.3, 0.4) is 0 Å². The number of aryl methyl sites for hydroxylation is 1. The van der Waals surface area contributed by atoms with Gasteiger partial charge in [0, 0.05) is 30.9 Å². The van der Waals surface area contributed by atoms with E-state index in [0.717, 1.165) is 37.8 Å². The SMILES string of the molecule is C=CCN(c1cc(CNC2CC2)cc(CCC)n1)C(C)C. The van der Waals surface area contributed by atoms with E-state index in [9.17, 15) is 0 Å². The molecule has 0 unspecified atom stereocenters. The summed E-state index contributed by atoms with van der Waals surface area (Å²) in [4.78, 5) is 7.17. The molecule has 1 saturated carbocycles. The van der Waals surface area contributed by atoms with Gasteiger partial charge >= 0.3 is 0 Å². The first-order valence-electron chi connectivity index (χ1n) is 8.24. The summed E-state index contributed by atoms with van der Waals surface area (Å²) in [5, 5.41) is 3.60. The average molecular weight is 287 g/mol. The van der Waals surface area contributed by atoms with Crippen molar-refractivity contribution in [2.24, 2.45) is 0 Å². The maximum absolute atomic E-state index is 4.86. The predicted molar refractivity (Wildman–Crippen MR) is 90.8 cm³/mol. The van der Waals surface area contributed by atoms with Crippen LogP contribution in [0.2, 0.25) is 0 Å². The van der Waals surface area contributed by atoms with E-state index in [2.05, 4.69) is 49.7 Å². The Hall–Kier alpha value is -1.35. The van der Waals surface area contributed by atoms with Gasteiger partial charge in [0.05, 0.1) is 0 Å². The normalized spacial score (nSPS) is 14.5. The fraction of sp³-hybridized carbons (Fsp3) is 0.611. The molecule has 0 aromatic carbocycles. The van der Waals surface area contributed by atoms with Gasteiger partial charge in [0.25, 0.3) is 0 Å². The van der Waals surface area contributed by atoms with Gasteiger partial charge in [-0.25, -0.2) is 4.98 Å². The highest BCUT2D eigenvalue weighted by atomic mass is 15.2. The number of anilines is 1. The topological polar surface area (TPSA) is 28.2 Å². The van der Waals surface area contributed by atoms with Gasteiger partial charge in [-0.15, -0.1) is 6.58 Å². The predicted octanol–water partition coefficient (Wildman–Crippen LogP) is 3.69. The smallest absolute Gasteiger partial charge is 0.129 e. The molecule has 0 radical (unpaired) electrons. The lowest BCUT2D eigenvalue weighted by molar-refractivity contribution is 0.678. The largest absolute Gasteiger partial charge is 0.350 e. The molecule has 0 saturated heterocycles. The van der Waals surface area contributed by atoms with Gasteiger partial charge in [0.15, 0.2) is 0 Å². The Kier molecular flexibility index (Phi) is 5.80. The van der Waals surface area contributed by atoms with Gasteiger partial charge < -0.3 is 10.2 Å². The molecule has 21 heavy (non-hydrogen) atoms. The zero-order valence-corrected chi connectivity index (χ0v) is 13.7. The first-order chi connectivity index (χ1) is 10.1. The molecule has 1 aromatic rings. The van der Waals surface area contributed by atoms with E-state index in [1.165, 1.54) is 24.1 Å². The van der Waals surface area contributed by atoms with Crippen LogP contribution in [0.4, 0.5) is 5.82 Å². The van der Waals surface area contributed by atoms with Crippen LogP contribution in [-0.2, 0) is 13.0 Å². The molecule has 1 aromatic heterocycles. The van der Waals surface area contributed by atoms with Gasteiger partial charge in [-0.1, -0.05) is 19.4 Å². The van der Waals surface area contributed by atoms with Crippen LogP contribution < -0.4 is 10.2 Å². The lowest BCUT2D eigenvalue weighted by Gasteiger charge is -2.27. The first kappa shape index (κ1) is 16.0. The minimum absolute atomic E-state index is 0.427. The molecule has 0 spiro atoms. The number of hydrogen-bond acceptors (Lipinski definition) is 3. The zero-order chi connectivity index (χ0) is 15.2. The van der Waals surface area contributed by atoms with E-state index >= 15 is 0 Å². The van der Waals surface area contributed by atoms with E-state index in [1.807, 2.05) is 6.08 Å². The molecule has 0 aliphatic heterocycles. The molecule has 2 rings (SSSR count). The summed E-state index contributed by atoms with van der Waals surface area (Å²) in [6, 6.07) is 5.66. The van der Waals surface area contributed by atoms with E-state index in [0.29, 0.717) is 6.04 Å². The second-order valence-electron chi connectivity index (χ2n) is 6.26.